The number of nitrogens with one attached hydrogen (secondary N) is 3. The molecule has 1 aliphatic heterocycles. The van der Waals surface area contributed by atoms with Crippen LogP contribution in [0.5, 0.6) is 0 Å². The zero-order chi connectivity index (χ0) is 12.8. The average Bonchev–Trinajstić information content (AvgIpc) is 2.93. The minimum absolute atomic E-state index is 0.0494. The van der Waals surface area contributed by atoms with E-state index in [0.717, 1.165) is 13.1 Å². The van der Waals surface area contributed by atoms with Gasteiger partial charge in [-0.3, -0.25) is 4.79 Å². The Morgan fingerprint density at radius 3 is 2.94 bits per heavy atom. The third-order valence-corrected chi connectivity index (χ3v) is 2.52. The Kier molecular flexibility index (Phi) is 3.88. The van der Waals surface area contributed by atoms with Gasteiger partial charge in [-0.1, -0.05) is 0 Å². The Labute approximate surface area is 104 Å². The van der Waals surface area contributed by atoms with E-state index in [9.17, 15) is 4.79 Å². The second-order valence-corrected chi connectivity index (χ2v) is 3.69. The molecule has 0 unspecified atom stereocenters. The van der Waals surface area contributed by atoms with Crippen LogP contribution in [0.15, 0.2) is 18.1 Å². The van der Waals surface area contributed by atoms with Crippen molar-refractivity contribution in [1.82, 2.24) is 25.4 Å². The van der Waals surface area contributed by atoms with Crippen molar-refractivity contribution in [1.29, 1.82) is 5.26 Å². The molecular formula is C10H13N7O. The Hall–Kier alpha value is -2.40. The van der Waals surface area contributed by atoms with Gasteiger partial charge < -0.3 is 15.5 Å². The first-order chi connectivity index (χ1) is 8.81. The molecule has 0 saturated carbocycles. The van der Waals surface area contributed by atoms with Gasteiger partial charge in [-0.05, 0) is 0 Å². The largest absolute Gasteiger partial charge is 0.335 e. The number of amides is 1. The van der Waals surface area contributed by atoms with E-state index >= 15 is 0 Å². The molecule has 1 aromatic heterocycles. The lowest BCUT2D eigenvalue weighted by Crippen LogP contribution is -2.46. The first kappa shape index (κ1) is 12.1. The van der Waals surface area contributed by atoms with Crippen molar-refractivity contribution in [2.45, 2.75) is 0 Å². The average molecular weight is 247 g/mol. The lowest BCUT2D eigenvalue weighted by Gasteiger charge is -2.26. The number of piperazine rings is 1. The van der Waals surface area contributed by atoms with Gasteiger partial charge in [0.15, 0.2) is 0 Å². The number of aromatic amines is 1. The predicted molar refractivity (Wildman–Crippen MR) is 63.2 cm³/mol. The highest BCUT2D eigenvalue weighted by Gasteiger charge is 2.19. The molecule has 94 valence electrons. The summed E-state index contributed by atoms with van der Waals surface area (Å²) in [6, 6.07) is 1.89. The van der Waals surface area contributed by atoms with Gasteiger partial charge in [-0.15, -0.1) is 0 Å². The summed E-state index contributed by atoms with van der Waals surface area (Å²) in [5, 5.41) is 21.1. The van der Waals surface area contributed by atoms with Crippen LogP contribution in [-0.2, 0) is 4.79 Å². The van der Waals surface area contributed by atoms with Crippen LogP contribution in [-0.4, -0.2) is 52.2 Å². The second-order valence-electron chi connectivity index (χ2n) is 3.69. The molecule has 0 bridgehead atoms. The lowest BCUT2D eigenvalue weighted by atomic mass is 10.2. The van der Waals surface area contributed by atoms with E-state index in [1.54, 1.807) is 4.90 Å². The van der Waals surface area contributed by atoms with Crippen molar-refractivity contribution in [2.24, 2.45) is 0 Å². The summed E-state index contributed by atoms with van der Waals surface area (Å²) in [4.78, 5) is 17.5. The smallest absolute Gasteiger partial charge is 0.266 e. The summed E-state index contributed by atoms with van der Waals surface area (Å²) in [5.74, 6) is 0.113. The molecule has 1 amide bonds. The number of nitriles is 1. The number of H-pyrrole nitrogens is 1. The first-order valence-corrected chi connectivity index (χ1v) is 5.53. The third-order valence-electron chi connectivity index (χ3n) is 2.52. The van der Waals surface area contributed by atoms with Crippen LogP contribution in [0.4, 0.5) is 5.95 Å². The molecule has 8 nitrogen and oxygen atoms in total. The van der Waals surface area contributed by atoms with Crippen molar-refractivity contribution in [3.8, 4) is 6.07 Å². The van der Waals surface area contributed by atoms with E-state index < -0.39 is 0 Å². The van der Waals surface area contributed by atoms with E-state index in [1.165, 1.54) is 12.5 Å². The molecule has 0 radical (unpaired) electrons. The molecule has 0 aliphatic carbocycles. The minimum Gasteiger partial charge on any atom is -0.335 e. The van der Waals surface area contributed by atoms with Crippen molar-refractivity contribution in [2.75, 3.05) is 31.5 Å². The Balaban J connectivity index is 2.01. The van der Waals surface area contributed by atoms with E-state index in [1.807, 2.05) is 6.07 Å². The Morgan fingerprint density at radius 1 is 1.56 bits per heavy atom. The summed E-state index contributed by atoms with van der Waals surface area (Å²) in [5.41, 5.74) is 0.0494. The van der Waals surface area contributed by atoms with E-state index in [2.05, 4.69) is 25.8 Å². The summed E-state index contributed by atoms with van der Waals surface area (Å²) in [6.45, 7) is 2.72. The second kappa shape index (κ2) is 5.79. The fraction of sp³-hybridized carbons (Fsp3) is 0.400. The number of hydrogen-bond donors (Lipinski definition) is 3. The van der Waals surface area contributed by atoms with Crippen molar-refractivity contribution < 1.29 is 4.79 Å². The molecule has 0 aromatic carbocycles. The number of carbonyl (C=O) groups is 1. The topological polar surface area (TPSA) is 110 Å². The van der Waals surface area contributed by atoms with Crippen molar-refractivity contribution in [3.05, 3.63) is 18.1 Å². The molecule has 1 fully saturated rings. The van der Waals surface area contributed by atoms with Gasteiger partial charge in [-0.25, -0.2) is 5.10 Å². The maximum atomic E-state index is 12.0. The fourth-order valence-electron chi connectivity index (χ4n) is 1.60. The Morgan fingerprint density at radius 2 is 2.33 bits per heavy atom. The predicted octanol–water partition coefficient (Wildman–Crippen LogP) is -0.944. The molecule has 0 atom stereocenters. The van der Waals surface area contributed by atoms with E-state index in [0.29, 0.717) is 19.0 Å². The van der Waals surface area contributed by atoms with Gasteiger partial charge in [0.25, 0.3) is 5.91 Å². The minimum atomic E-state index is -0.272. The number of rotatable bonds is 3. The zero-order valence-corrected chi connectivity index (χ0v) is 9.68. The highest BCUT2D eigenvalue weighted by atomic mass is 16.2. The van der Waals surface area contributed by atoms with E-state index in [-0.39, 0.29) is 11.5 Å². The van der Waals surface area contributed by atoms with Crippen LogP contribution in [0, 0.1) is 11.3 Å². The van der Waals surface area contributed by atoms with Gasteiger partial charge in [0, 0.05) is 32.4 Å². The molecule has 1 aliphatic rings. The molecule has 2 heterocycles. The molecule has 18 heavy (non-hydrogen) atoms. The summed E-state index contributed by atoms with van der Waals surface area (Å²) < 4.78 is 0. The molecule has 3 N–H and O–H groups in total. The lowest BCUT2D eigenvalue weighted by molar-refractivity contribution is -0.127. The van der Waals surface area contributed by atoms with Crippen LogP contribution >= 0.6 is 0 Å². The van der Waals surface area contributed by atoms with Crippen LogP contribution in [0.3, 0.4) is 0 Å². The van der Waals surface area contributed by atoms with Crippen molar-refractivity contribution >= 4 is 11.9 Å². The van der Waals surface area contributed by atoms with Crippen molar-refractivity contribution in [3.63, 3.8) is 0 Å². The monoisotopic (exact) mass is 247 g/mol. The first-order valence-electron chi connectivity index (χ1n) is 5.53. The van der Waals surface area contributed by atoms with Gasteiger partial charge in [0.2, 0.25) is 5.95 Å². The zero-order valence-electron chi connectivity index (χ0n) is 9.68. The highest BCUT2D eigenvalue weighted by Crippen LogP contribution is 2.03. The Bertz CT molecular complexity index is 467. The molecular weight excluding hydrogens is 234 g/mol. The van der Waals surface area contributed by atoms with Crippen LogP contribution in [0.1, 0.15) is 0 Å². The molecule has 8 heteroatoms. The van der Waals surface area contributed by atoms with Crippen LogP contribution in [0.25, 0.3) is 0 Å². The van der Waals surface area contributed by atoms with Gasteiger partial charge in [0.05, 0.1) is 0 Å². The summed E-state index contributed by atoms with van der Waals surface area (Å²) >= 11 is 0. The number of aromatic nitrogens is 3. The standard InChI is InChI=1S/C10H13N7O/c11-5-8(6-13-10-14-7-15-16-10)9(18)17-3-1-12-2-4-17/h6-7,12H,1-4H2,(H2,13,14,15,16)/b8-6-. The van der Waals surface area contributed by atoms with E-state index in [4.69, 9.17) is 5.26 Å². The maximum Gasteiger partial charge on any atom is 0.266 e. The number of nitrogens with zero attached hydrogens (tertiary/aromatic N) is 4. The highest BCUT2D eigenvalue weighted by molar-refractivity contribution is 5.97. The SMILES string of the molecule is N#C/C(=C/Nc1ncn[nH]1)C(=O)N1CCNCC1. The number of anilines is 1. The number of carbonyl (C=O) groups excluding carboxylic acids is 1. The van der Waals surface area contributed by atoms with Crippen LogP contribution in [0.2, 0.25) is 0 Å². The molecule has 2 rings (SSSR count). The fourth-order valence-corrected chi connectivity index (χ4v) is 1.60. The molecule has 1 aromatic rings. The normalized spacial score (nSPS) is 16.2. The molecule has 0 spiro atoms. The van der Waals surface area contributed by atoms with Gasteiger partial charge in [0.1, 0.15) is 18.0 Å². The van der Waals surface area contributed by atoms with Gasteiger partial charge >= 0.3 is 0 Å². The molecule has 1 saturated heterocycles. The maximum absolute atomic E-state index is 12.0. The quantitative estimate of drug-likeness (QED) is 0.469. The van der Waals surface area contributed by atoms with Crippen LogP contribution < -0.4 is 10.6 Å². The summed E-state index contributed by atoms with van der Waals surface area (Å²) in [7, 11) is 0. The summed E-state index contributed by atoms with van der Waals surface area (Å²) in [6.07, 6.45) is 2.67. The van der Waals surface area contributed by atoms with Gasteiger partial charge in [-0.2, -0.15) is 15.3 Å². The third kappa shape index (κ3) is 2.83. The number of hydrogen-bond acceptors (Lipinski definition) is 6.